The molecule has 1 aromatic carbocycles. The van der Waals surface area contributed by atoms with E-state index in [2.05, 4.69) is 10.1 Å². The molecule has 0 atom stereocenters. The minimum absolute atomic E-state index is 0.00831. The van der Waals surface area contributed by atoms with Gasteiger partial charge in [0.05, 0.1) is 22.0 Å². The highest BCUT2D eigenvalue weighted by Crippen LogP contribution is 2.28. The zero-order valence-electron chi connectivity index (χ0n) is 19.2. The highest BCUT2D eigenvalue weighted by atomic mass is 32.2. The predicted molar refractivity (Wildman–Crippen MR) is 124 cm³/mol. The highest BCUT2D eigenvalue weighted by molar-refractivity contribution is 7.90. The van der Waals surface area contributed by atoms with Crippen LogP contribution in [0, 0.1) is 6.92 Å². The Morgan fingerprint density at radius 1 is 1.16 bits per heavy atom. The standard InChI is InChI=1S/C23H30N4O4S/c1-6-17-7-8-18(14-22(17)32(5,29)30)19-9-10-20(24-19)21-13-16(2)25-27(21)15-23(28)31-12-11-26(3)4/h7-10,13-14,24H,6,11-12,15H2,1-5H3. The number of rotatable bonds is 9. The van der Waals surface area contributed by atoms with E-state index in [9.17, 15) is 13.2 Å². The van der Waals surface area contributed by atoms with Crippen LogP contribution in [0.15, 0.2) is 41.3 Å². The largest absolute Gasteiger partial charge is 0.463 e. The molecule has 32 heavy (non-hydrogen) atoms. The molecular weight excluding hydrogens is 428 g/mol. The lowest BCUT2D eigenvalue weighted by Crippen LogP contribution is -2.22. The number of carbonyl (C=O) groups is 1. The third kappa shape index (κ3) is 5.66. The predicted octanol–water partition coefficient (Wildman–Crippen LogP) is 2.92. The van der Waals surface area contributed by atoms with Gasteiger partial charge >= 0.3 is 5.97 Å². The van der Waals surface area contributed by atoms with E-state index in [0.29, 0.717) is 24.5 Å². The first kappa shape index (κ1) is 23.7. The maximum Gasteiger partial charge on any atom is 0.327 e. The van der Waals surface area contributed by atoms with Gasteiger partial charge < -0.3 is 14.6 Å². The number of aromatic amines is 1. The molecule has 0 aliphatic carbocycles. The summed E-state index contributed by atoms with van der Waals surface area (Å²) in [5.41, 5.74) is 4.67. The third-order valence-corrected chi connectivity index (χ3v) is 6.28. The molecule has 2 heterocycles. The van der Waals surface area contributed by atoms with Crippen LogP contribution in [0.4, 0.5) is 0 Å². The molecule has 8 nitrogen and oxygen atoms in total. The second-order valence-electron chi connectivity index (χ2n) is 8.09. The van der Waals surface area contributed by atoms with Gasteiger partial charge in [0, 0.05) is 18.5 Å². The van der Waals surface area contributed by atoms with Crippen LogP contribution in [0.3, 0.4) is 0 Å². The molecule has 172 valence electrons. The molecule has 3 rings (SSSR count). The fourth-order valence-corrected chi connectivity index (χ4v) is 4.49. The Balaban J connectivity index is 1.86. The molecule has 0 saturated carbocycles. The summed E-state index contributed by atoms with van der Waals surface area (Å²) in [4.78, 5) is 17.9. The van der Waals surface area contributed by atoms with E-state index >= 15 is 0 Å². The van der Waals surface area contributed by atoms with Crippen molar-refractivity contribution in [2.45, 2.75) is 31.7 Å². The van der Waals surface area contributed by atoms with Crippen LogP contribution < -0.4 is 0 Å². The maximum absolute atomic E-state index is 12.2. The number of aryl methyl sites for hydroxylation is 2. The number of ether oxygens (including phenoxy) is 1. The summed E-state index contributed by atoms with van der Waals surface area (Å²) in [5.74, 6) is -0.351. The van der Waals surface area contributed by atoms with Crippen LogP contribution >= 0.6 is 0 Å². The van der Waals surface area contributed by atoms with Crippen molar-refractivity contribution in [3.63, 3.8) is 0 Å². The Kier molecular flexibility index (Phi) is 7.20. The van der Waals surface area contributed by atoms with Crippen molar-refractivity contribution in [3.05, 3.63) is 47.7 Å². The Bertz CT molecular complexity index is 1210. The van der Waals surface area contributed by atoms with Crippen molar-refractivity contribution in [3.8, 4) is 22.6 Å². The average Bonchev–Trinajstić information content (AvgIpc) is 3.33. The Morgan fingerprint density at radius 3 is 2.53 bits per heavy atom. The summed E-state index contributed by atoms with van der Waals surface area (Å²) >= 11 is 0. The number of benzene rings is 1. The molecule has 0 saturated heterocycles. The first-order chi connectivity index (χ1) is 15.1. The van der Waals surface area contributed by atoms with E-state index in [1.54, 1.807) is 10.7 Å². The van der Waals surface area contributed by atoms with Crippen molar-refractivity contribution in [1.82, 2.24) is 19.7 Å². The minimum atomic E-state index is -3.33. The van der Waals surface area contributed by atoms with Crippen LogP contribution in [-0.2, 0) is 32.3 Å². The van der Waals surface area contributed by atoms with E-state index in [4.69, 9.17) is 4.74 Å². The van der Waals surface area contributed by atoms with Crippen LogP contribution in [0.5, 0.6) is 0 Å². The van der Waals surface area contributed by atoms with Crippen molar-refractivity contribution >= 4 is 15.8 Å². The van der Waals surface area contributed by atoms with Crippen LogP contribution in [0.25, 0.3) is 22.6 Å². The molecular formula is C23H30N4O4S. The lowest BCUT2D eigenvalue weighted by molar-refractivity contribution is -0.144. The molecule has 0 aliphatic rings. The summed E-state index contributed by atoms with van der Waals surface area (Å²) in [5, 5.41) is 4.43. The minimum Gasteiger partial charge on any atom is -0.463 e. The molecule has 0 bridgehead atoms. The molecule has 0 spiro atoms. The summed E-state index contributed by atoms with van der Waals surface area (Å²) in [6, 6.07) is 11.1. The van der Waals surface area contributed by atoms with Crippen molar-refractivity contribution in [1.29, 1.82) is 0 Å². The van der Waals surface area contributed by atoms with Gasteiger partial charge in [-0.1, -0.05) is 19.1 Å². The first-order valence-corrected chi connectivity index (χ1v) is 12.3. The molecule has 0 fully saturated rings. The number of hydrogen-bond acceptors (Lipinski definition) is 6. The van der Waals surface area contributed by atoms with E-state index in [1.165, 1.54) is 6.26 Å². The zero-order valence-corrected chi connectivity index (χ0v) is 20.0. The number of sulfone groups is 1. The number of aromatic nitrogens is 3. The Labute approximate surface area is 189 Å². The second-order valence-corrected chi connectivity index (χ2v) is 10.1. The molecule has 9 heteroatoms. The van der Waals surface area contributed by atoms with Gasteiger partial charge in [-0.25, -0.2) is 8.42 Å². The average molecular weight is 459 g/mol. The number of esters is 1. The number of H-pyrrole nitrogens is 1. The first-order valence-electron chi connectivity index (χ1n) is 10.5. The fraction of sp³-hybridized carbons (Fsp3) is 0.391. The molecule has 2 aromatic heterocycles. The van der Waals surface area contributed by atoms with Crippen LogP contribution in [0.2, 0.25) is 0 Å². The monoisotopic (exact) mass is 458 g/mol. The fourth-order valence-electron chi connectivity index (χ4n) is 3.47. The second kappa shape index (κ2) is 9.70. The maximum atomic E-state index is 12.2. The number of hydrogen-bond donors (Lipinski definition) is 1. The topological polar surface area (TPSA) is 97.3 Å². The van der Waals surface area contributed by atoms with E-state index < -0.39 is 9.84 Å². The SMILES string of the molecule is CCc1ccc(-c2ccc(-c3cc(C)nn3CC(=O)OCCN(C)C)[nH]2)cc1S(C)(=O)=O. The summed E-state index contributed by atoms with van der Waals surface area (Å²) in [6.45, 7) is 4.79. The summed E-state index contributed by atoms with van der Waals surface area (Å²) in [6.07, 6.45) is 1.87. The van der Waals surface area contributed by atoms with Gasteiger partial charge in [0.15, 0.2) is 9.84 Å². The van der Waals surface area contributed by atoms with E-state index in [0.717, 1.165) is 33.9 Å². The molecule has 0 amide bonds. The van der Waals surface area contributed by atoms with Gasteiger partial charge in [-0.15, -0.1) is 0 Å². The van der Waals surface area contributed by atoms with Crippen LogP contribution in [0.1, 0.15) is 18.2 Å². The summed E-state index contributed by atoms with van der Waals surface area (Å²) in [7, 11) is 0.500. The smallest absolute Gasteiger partial charge is 0.327 e. The third-order valence-electron chi connectivity index (χ3n) is 5.10. The van der Waals surface area contributed by atoms with Gasteiger partial charge in [0.2, 0.25) is 0 Å². The molecule has 1 N–H and O–H groups in total. The summed E-state index contributed by atoms with van der Waals surface area (Å²) < 4.78 is 31.3. The van der Waals surface area contributed by atoms with E-state index in [-0.39, 0.29) is 12.5 Å². The van der Waals surface area contributed by atoms with Gasteiger partial charge in [-0.3, -0.25) is 9.48 Å². The zero-order chi connectivity index (χ0) is 23.5. The molecule has 3 aromatic rings. The lowest BCUT2D eigenvalue weighted by Gasteiger charge is -2.11. The number of carbonyl (C=O) groups excluding carboxylic acids is 1. The number of nitrogens with zero attached hydrogens (tertiary/aromatic N) is 3. The number of nitrogens with one attached hydrogen (secondary N) is 1. The quantitative estimate of drug-likeness (QED) is 0.495. The van der Waals surface area contributed by atoms with E-state index in [1.807, 2.05) is 63.2 Å². The van der Waals surface area contributed by atoms with Crippen LogP contribution in [-0.4, -0.2) is 67.6 Å². The Hall–Kier alpha value is -2.91. The normalized spacial score (nSPS) is 11.8. The molecule has 0 radical (unpaired) electrons. The van der Waals surface area contributed by atoms with Crippen molar-refractivity contribution < 1.29 is 17.9 Å². The van der Waals surface area contributed by atoms with Crippen molar-refractivity contribution in [2.24, 2.45) is 0 Å². The lowest BCUT2D eigenvalue weighted by atomic mass is 10.1. The Morgan fingerprint density at radius 2 is 1.88 bits per heavy atom. The molecule has 0 aliphatic heterocycles. The van der Waals surface area contributed by atoms with Gasteiger partial charge in [-0.2, -0.15) is 5.10 Å². The molecule has 0 unspecified atom stereocenters. The van der Waals surface area contributed by atoms with Gasteiger partial charge in [0.25, 0.3) is 0 Å². The van der Waals surface area contributed by atoms with Crippen molar-refractivity contribution in [2.75, 3.05) is 33.5 Å². The highest BCUT2D eigenvalue weighted by Gasteiger charge is 2.17. The van der Waals surface area contributed by atoms with Gasteiger partial charge in [-0.05, 0) is 62.8 Å². The number of likely N-dealkylation sites (N-methyl/N-ethyl adjacent to an activating group) is 1. The van der Waals surface area contributed by atoms with Gasteiger partial charge in [0.1, 0.15) is 13.2 Å².